The molecule has 0 radical (unpaired) electrons. The van der Waals surface area contributed by atoms with Gasteiger partial charge in [-0.15, -0.1) is 0 Å². The lowest BCUT2D eigenvalue weighted by Gasteiger charge is -2.18. The Balaban J connectivity index is 1.56. The Labute approximate surface area is 164 Å². The second-order valence-corrected chi connectivity index (χ2v) is 8.60. The molecular weight excluding hydrogens is 383 g/mol. The van der Waals surface area contributed by atoms with E-state index in [1.165, 1.54) is 57.7 Å². The molecule has 0 N–H and O–H groups in total. The Morgan fingerprint density at radius 1 is 1.07 bits per heavy atom. The molecule has 0 unspecified atom stereocenters. The highest BCUT2D eigenvalue weighted by Crippen LogP contribution is 2.21. The predicted octanol–water partition coefficient (Wildman–Crippen LogP) is 2.76. The summed E-state index contributed by atoms with van der Waals surface area (Å²) in [6, 6.07) is 11.7. The van der Waals surface area contributed by atoms with Crippen LogP contribution in [0.3, 0.4) is 0 Å². The molecule has 1 amide bonds. The third kappa shape index (κ3) is 4.69. The van der Waals surface area contributed by atoms with E-state index in [-0.39, 0.29) is 23.2 Å². The monoisotopic (exact) mass is 406 g/mol. The fourth-order valence-electron chi connectivity index (χ4n) is 3.00. The summed E-state index contributed by atoms with van der Waals surface area (Å²) in [6.07, 6.45) is 1.75. The third-order valence-electron chi connectivity index (χ3n) is 4.66. The molecule has 0 spiro atoms. The Morgan fingerprint density at radius 3 is 2.29 bits per heavy atom. The summed E-state index contributed by atoms with van der Waals surface area (Å²) in [6.45, 7) is 1.68. The number of carbonyl (C=O) groups excluding carboxylic acids is 1. The van der Waals surface area contributed by atoms with E-state index in [9.17, 15) is 17.6 Å². The van der Waals surface area contributed by atoms with Crippen molar-refractivity contribution in [3.05, 3.63) is 59.9 Å². The average Bonchev–Trinajstić information content (AvgIpc) is 3.25. The average molecular weight is 406 g/mol. The fraction of sp³-hybridized carbons (Fsp3) is 0.350. The van der Waals surface area contributed by atoms with E-state index in [0.29, 0.717) is 30.9 Å². The van der Waals surface area contributed by atoms with Crippen molar-refractivity contribution in [1.29, 1.82) is 0 Å². The molecule has 0 saturated carbocycles. The lowest BCUT2D eigenvalue weighted by molar-refractivity contribution is 0.0773. The van der Waals surface area contributed by atoms with Gasteiger partial charge < -0.3 is 9.64 Å². The van der Waals surface area contributed by atoms with E-state index in [0.717, 1.165) is 12.8 Å². The maximum atomic E-state index is 12.9. The van der Waals surface area contributed by atoms with E-state index in [1.54, 1.807) is 7.05 Å². The van der Waals surface area contributed by atoms with Gasteiger partial charge in [0, 0.05) is 25.7 Å². The molecule has 0 atom stereocenters. The Morgan fingerprint density at radius 2 is 1.68 bits per heavy atom. The van der Waals surface area contributed by atoms with Crippen molar-refractivity contribution < 1.29 is 22.3 Å². The lowest BCUT2D eigenvalue weighted by atomic mass is 10.2. The zero-order valence-electron chi connectivity index (χ0n) is 15.7. The highest BCUT2D eigenvalue weighted by Gasteiger charge is 2.27. The lowest BCUT2D eigenvalue weighted by Crippen LogP contribution is -2.31. The van der Waals surface area contributed by atoms with Crippen LogP contribution in [-0.4, -0.2) is 56.8 Å². The second kappa shape index (κ2) is 8.70. The summed E-state index contributed by atoms with van der Waals surface area (Å²) < 4.78 is 44.9. The van der Waals surface area contributed by atoms with Gasteiger partial charge in [0.1, 0.15) is 18.2 Å². The third-order valence-corrected chi connectivity index (χ3v) is 6.57. The van der Waals surface area contributed by atoms with Gasteiger partial charge in [0.15, 0.2) is 0 Å². The standard InChI is InChI=1S/C20H23FN2O4S/c1-22(14-15-27-18-8-6-17(21)7-9-18)20(24)16-4-10-19(11-5-16)28(25,26)23-12-2-3-13-23/h4-11H,2-3,12-15H2,1H3. The van der Waals surface area contributed by atoms with Crippen LogP contribution in [-0.2, 0) is 10.0 Å². The first-order chi connectivity index (χ1) is 13.4. The number of hydrogen-bond acceptors (Lipinski definition) is 4. The Bertz CT molecular complexity index is 908. The van der Waals surface area contributed by atoms with Crippen LogP contribution in [0.1, 0.15) is 23.2 Å². The van der Waals surface area contributed by atoms with Gasteiger partial charge >= 0.3 is 0 Å². The first kappa shape index (κ1) is 20.3. The fourth-order valence-corrected chi connectivity index (χ4v) is 4.52. The number of sulfonamides is 1. The summed E-state index contributed by atoms with van der Waals surface area (Å²) in [5.41, 5.74) is 0.407. The van der Waals surface area contributed by atoms with Crippen LogP contribution in [0.15, 0.2) is 53.4 Å². The molecule has 1 saturated heterocycles. The van der Waals surface area contributed by atoms with E-state index < -0.39 is 10.0 Å². The van der Waals surface area contributed by atoms with Crippen LogP contribution < -0.4 is 4.74 Å². The molecule has 28 heavy (non-hydrogen) atoms. The van der Waals surface area contributed by atoms with Crippen LogP contribution in [0.2, 0.25) is 0 Å². The van der Waals surface area contributed by atoms with E-state index in [2.05, 4.69) is 0 Å². The summed E-state index contributed by atoms with van der Waals surface area (Å²) >= 11 is 0. The maximum Gasteiger partial charge on any atom is 0.253 e. The van der Waals surface area contributed by atoms with Gasteiger partial charge in [-0.1, -0.05) is 0 Å². The van der Waals surface area contributed by atoms with Crippen molar-refractivity contribution in [2.24, 2.45) is 0 Å². The first-order valence-corrected chi connectivity index (χ1v) is 10.6. The number of hydrogen-bond donors (Lipinski definition) is 0. The minimum atomic E-state index is -3.49. The molecule has 1 aliphatic heterocycles. The Hall–Kier alpha value is -2.45. The number of carbonyl (C=O) groups is 1. The van der Waals surface area contributed by atoms with Crippen molar-refractivity contribution in [3.63, 3.8) is 0 Å². The molecular formula is C20H23FN2O4S. The molecule has 3 rings (SSSR count). The molecule has 6 nitrogen and oxygen atoms in total. The highest BCUT2D eigenvalue weighted by atomic mass is 32.2. The molecule has 1 heterocycles. The van der Waals surface area contributed by atoms with E-state index in [4.69, 9.17) is 4.74 Å². The summed E-state index contributed by atoms with van der Waals surface area (Å²) in [7, 11) is -1.84. The molecule has 0 bridgehead atoms. The smallest absolute Gasteiger partial charge is 0.253 e. The normalized spacial score (nSPS) is 14.8. The Kier molecular flexibility index (Phi) is 6.31. The number of ether oxygens (including phenoxy) is 1. The largest absolute Gasteiger partial charge is 0.492 e. The maximum absolute atomic E-state index is 12.9. The summed E-state index contributed by atoms with van der Waals surface area (Å²) in [5.74, 6) is -0.0404. The highest BCUT2D eigenvalue weighted by molar-refractivity contribution is 7.89. The SMILES string of the molecule is CN(CCOc1ccc(F)cc1)C(=O)c1ccc(S(=O)(=O)N2CCCC2)cc1. The molecule has 2 aromatic carbocycles. The van der Waals surface area contributed by atoms with Gasteiger partial charge in [-0.2, -0.15) is 4.31 Å². The summed E-state index contributed by atoms with van der Waals surface area (Å²) in [4.78, 5) is 14.2. The van der Waals surface area contributed by atoms with Crippen molar-refractivity contribution in [2.45, 2.75) is 17.7 Å². The van der Waals surface area contributed by atoms with Gasteiger partial charge in [-0.25, -0.2) is 12.8 Å². The number of nitrogens with zero attached hydrogens (tertiary/aromatic N) is 2. The molecule has 0 aromatic heterocycles. The van der Waals surface area contributed by atoms with Crippen LogP contribution in [0.4, 0.5) is 4.39 Å². The molecule has 150 valence electrons. The van der Waals surface area contributed by atoms with Gasteiger partial charge in [0.2, 0.25) is 10.0 Å². The van der Waals surface area contributed by atoms with Crippen LogP contribution in [0, 0.1) is 5.82 Å². The topological polar surface area (TPSA) is 66.9 Å². The zero-order chi connectivity index (χ0) is 20.1. The molecule has 1 aliphatic rings. The second-order valence-electron chi connectivity index (χ2n) is 6.66. The van der Waals surface area contributed by atoms with Crippen LogP contribution >= 0.6 is 0 Å². The quantitative estimate of drug-likeness (QED) is 0.709. The number of benzene rings is 2. The van der Waals surface area contributed by atoms with Crippen molar-refractivity contribution in [3.8, 4) is 5.75 Å². The number of rotatable bonds is 7. The van der Waals surface area contributed by atoms with Crippen molar-refractivity contribution in [1.82, 2.24) is 9.21 Å². The molecule has 8 heteroatoms. The van der Waals surface area contributed by atoms with Crippen LogP contribution in [0.5, 0.6) is 5.75 Å². The van der Waals surface area contributed by atoms with Gasteiger partial charge in [0.25, 0.3) is 5.91 Å². The van der Waals surface area contributed by atoms with Gasteiger partial charge in [-0.3, -0.25) is 4.79 Å². The molecule has 1 fully saturated rings. The summed E-state index contributed by atoms with van der Waals surface area (Å²) in [5, 5.41) is 0. The van der Waals surface area contributed by atoms with Gasteiger partial charge in [-0.05, 0) is 61.4 Å². The minimum Gasteiger partial charge on any atom is -0.492 e. The molecule has 2 aromatic rings. The van der Waals surface area contributed by atoms with Gasteiger partial charge in [0.05, 0.1) is 11.4 Å². The first-order valence-electron chi connectivity index (χ1n) is 9.12. The number of halogens is 1. The minimum absolute atomic E-state index is 0.202. The van der Waals surface area contributed by atoms with Crippen LogP contribution in [0.25, 0.3) is 0 Å². The number of likely N-dealkylation sites (N-methyl/N-ethyl adjacent to an activating group) is 1. The molecule has 0 aliphatic carbocycles. The number of amides is 1. The van der Waals surface area contributed by atoms with E-state index >= 15 is 0 Å². The zero-order valence-corrected chi connectivity index (χ0v) is 16.5. The van der Waals surface area contributed by atoms with Crippen molar-refractivity contribution in [2.75, 3.05) is 33.3 Å². The predicted molar refractivity (Wildman–Crippen MR) is 103 cm³/mol. The van der Waals surface area contributed by atoms with E-state index in [1.807, 2.05) is 0 Å². The van der Waals surface area contributed by atoms with Crippen molar-refractivity contribution >= 4 is 15.9 Å².